The third-order valence-corrected chi connectivity index (χ3v) is 6.70. The molecule has 1 aromatic heterocycles. The van der Waals surface area contributed by atoms with Crippen molar-refractivity contribution in [1.82, 2.24) is 4.98 Å². The van der Waals surface area contributed by atoms with Crippen LogP contribution in [0, 0.1) is 36.2 Å². The van der Waals surface area contributed by atoms with Crippen LogP contribution in [0.3, 0.4) is 0 Å². The maximum absolute atomic E-state index is 13.4. The van der Waals surface area contributed by atoms with E-state index in [0.717, 1.165) is 36.9 Å². The second-order valence-corrected chi connectivity index (χ2v) is 8.46. The first-order valence-corrected chi connectivity index (χ1v) is 9.81. The molecule has 0 atom stereocenters. The van der Waals surface area contributed by atoms with E-state index in [1.165, 1.54) is 4.90 Å². The van der Waals surface area contributed by atoms with E-state index >= 15 is 0 Å². The quantitative estimate of drug-likeness (QED) is 0.450. The average molecular weight is 446 g/mol. The number of nitrogens with zero attached hydrogens (tertiary/aromatic N) is 2. The van der Waals surface area contributed by atoms with Gasteiger partial charge in [0, 0.05) is 43.5 Å². The van der Waals surface area contributed by atoms with Crippen molar-refractivity contribution < 1.29 is 42.3 Å². The molecular formula is C22H33N2O2Y-. The number of pyridine rings is 1. The fourth-order valence-corrected chi connectivity index (χ4v) is 5.14. The number of carbonyl (C=O) groups excluding carboxylic acids is 2. The minimum absolute atomic E-state index is 0. The summed E-state index contributed by atoms with van der Waals surface area (Å²) >= 11 is 0. The summed E-state index contributed by atoms with van der Waals surface area (Å²) in [6.45, 7) is 15.8. The van der Waals surface area contributed by atoms with Crippen molar-refractivity contribution in [3.8, 4) is 0 Å². The van der Waals surface area contributed by atoms with E-state index < -0.39 is 10.8 Å². The number of anilines is 1. The summed E-state index contributed by atoms with van der Waals surface area (Å²) in [6, 6.07) is 3.14. The summed E-state index contributed by atoms with van der Waals surface area (Å²) in [5.74, 6) is -0.202. The predicted octanol–water partition coefficient (Wildman–Crippen LogP) is 5.01. The first kappa shape index (κ1) is 24.4. The molecule has 4 nitrogen and oxygen atoms in total. The fraction of sp³-hybridized carbons (Fsp3) is 0.682. The van der Waals surface area contributed by atoms with Crippen LogP contribution in [0.2, 0.25) is 0 Å². The Bertz CT molecular complexity index is 689. The molecule has 1 aliphatic heterocycles. The molecule has 1 radical (unpaired) electrons. The Morgan fingerprint density at radius 1 is 0.963 bits per heavy atom. The second kappa shape index (κ2) is 8.41. The number of hydrogen-bond acceptors (Lipinski definition) is 3. The summed E-state index contributed by atoms with van der Waals surface area (Å²) < 4.78 is 0. The fourth-order valence-electron chi connectivity index (χ4n) is 5.14. The second-order valence-electron chi connectivity index (χ2n) is 8.46. The van der Waals surface area contributed by atoms with Gasteiger partial charge in [0.2, 0.25) is 11.8 Å². The van der Waals surface area contributed by atoms with E-state index in [1.54, 1.807) is 6.20 Å². The number of aryl methyl sites for hydroxylation is 2. The maximum atomic E-state index is 13.4. The van der Waals surface area contributed by atoms with E-state index in [2.05, 4.69) is 11.1 Å². The average Bonchev–Trinajstić information content (AvgIpc) is 3.09. The van der Waals surface area contributed by atoms with Crippen LogP contribution in [-0.4, -0.2) is 16.8 Å². The molecule has 0 aromatic carbocycles. The molecular weight excluding hydrogens is 413 g/mol. The Morgan fingerprint density at radius 3 is 1.81 bits per heavy atom. The van der Waals surface area contributed by atoms with Crippen LogP contribution in [0.5, 0.6) is 0 Å². The first-order valence-electron chi connectivity index (χ1n) is 9.81. The van der Waals surface area contributed by atoms with Crippen LogP contribution in [0.25, 0.3) is 0 Å². The van der Waals surface area contributed by atoms with E-state index in [-0.39, 0.29) is 49.9 Å². The van der Waals surface area contributed by atoms with Gasteiger partial charge in [0.1, 0.15) is 0 Å². The van der Waals surface area contributed by atoms with Crippen molar-refractivity contribution in [2.24, 2.45) is 16.2 Å². The molecule has 2 heterocycles. The zero-order chi connectivity index (χ0) is 19.9. The predicted molar refractivity (Wildman–Crippen MR) is 105 cm³/mol. The topological polar surface area (TPSA) is 50.3 Å². The SMILES string of the molecule is CC.Cc1[c-]c(C)c(N2C(=O)C(C)(C)C3(CCCC3)C(C)(C)C2=O)cn1.[Y]. The van der Waals surface area contributed by atoms with Gasteiger partial charge in [-0.05, 0) is 31.4 Å². The van der Waals surface area contributed by atoms with E-state index in [1.807, 2.05) is 55.4 Å². The van der Waals surface area contributed by atoms with Gasteiger partial charge in [-0.15, -0.1) is 0 Å². The smallest absolute Gasteiger partial charge is 0.223 e. The molecule has 3 rings (SSSR count). The zero-order valence-corrected chi connectivity index (χ0v) is 21.0. The largest absolute Gasteiger partial charge is 0.330 e. The van der Waals surface area contributed by atoms with Crippen LogP contribution in [0.4, 0.5) is 5.69 Å². The van der Waals surface area contributed by atoms with Crippen molar-refractivity contribution in [3.63, 3.8) is 0 Å². The van der Waals surface area contributed by atoms with Gasteiger partial charge in [0.05, 0.1) is 0 Å². The van der Waals surface area contributed by atoms with Crippen LogP contribution < -0.4 is 4.90 Å². The zero-order valence-electron chi connectivity index (χ0n) is 18.2. The summed E-state index contributed by atoms with van der Waals surface area (Å²) in [6.07, 6.45) is 5.69. The molecule has 147 valence electrons. The van der Waals surface area contributed by atoms with E-state index in [4.69, 9.17) is 0 Å². The maximum Gasteiger partial charge on any atom is 0.223 e. The van der Waals surface area contributed by atoms with Gasteiger partial charge in [-0.2, -0.15) is 5.56 Å². The molecule has 0 N–H and O–H groups in total. The van der Waals surface area contributed by atoms with Crippen LogP contribution in [-0.2, 0) is 42.3 Å². The van der Waals surface area contributed by atoms with Crippen molar-refractivity contribution >= 4 is 17.5 Å². The molecule has 1 saturated carbocycles. The monoisotopic (exact) mass is 446 g/mol. The Kier molecular flexibility index (Phi) is 7.61. The van der Waals surface area contributed by atoms with Gasteiger partial charge >= 0.3 is 0 Å². The number of rotatable bonds is 1. The molecule has 2 fully saturated rings. The number of carbonyl (C=O) groups is 2. The third kappa shape index (κ3) is 3.46. The molecule has 1 saturated heterocycles. The summed E-state index contributed by atoms with van der Waals surface area (Å²) in [7, 11) is 0. The number of imide groups is 1. The van der Waals surface area contributed by atoms with Gasteiger partial charge < -0.3 is 4.90 Å². The van der Waals surface area contributed by atoms with Crippen molar-refractivity contribution in [2.45, 2.75) is 81.1 Å². The van der Waals surface area contributed by atoms with Crippen LogP contribution in [0.15, 0.2) is 6.20 Å². The normalized spacial score (nSPS) is 22.1. The van der Waals surface area contributed by atoms with Gasteiger partial charge in [-0.25, -0.2) is 6.07 Å². The number of piperidine rings is 1. The van der Waals surface area contributed by atoms with Gasteiger partial charge in [-0.1, -0.05) is 72.7 Å². The third-order valence-electron chi connectivity index (χ3n) is 6.70. The molecule has 1 spiro atoms. The van der Waals surface area contributed by atoms with Crippen molar-refractivity contribution in [1.29, 1.82) is 0 Å². The Hall–Kier alpha value is -0.606. The van der Waals surface area contributed by atoms with Crippen LogP contribution >= 0.6 is 0 Å². The number of aromatic nitrogens is 1. The molecule has 2 amide bonds. The number of amides is 2. The minimum atomic E-state index is -0.585. The summed E-state index contributed by atoms with van der Waals surface area (Å²) in [5, 5.41) is 0. The molecule has 27 heavy (non-hydrogen) atoms. The van der Waals surface area contributed by atoms with Gasteiger partial charge in [0.15, 0.2) is 0 Å². The summed E-state index contributed by atoms with van der Waals surface area (Å²) in [4.78, 5) is 32.5. The number of hydrogen-bond donors (Lipinski definition) is 0. The Labute approximate surface area is 189 Å². The molecule has 0 bridgehead atoms. The molecule has 1 aromatic rings. The Balaban J connectivity index is 0.00000118. The summed E-state index contributed by atoms with van der Waals surface area (Å²) in [5.41, 5.74) is 0.693. The molecule has 1 aliphatic carbocycles. The standard InChI is InChI=1S/C20H27N2O2.C2H6.Y/c1-13-11-14(2)21-12-15(13)22-16(23)18(3,4)20(9-7-8-10-20)19(5,6)17(22)24;1-2;/h12H,7-10H2,1-6H3;1-2H3;/q-1;;. The Morgan fingerprint density at radius 2 is 1.41 bits per heavy atom. The van der Waals surface area contributed by atoms with E-state index in [9.17, 15) is 9.59 Å². The minimum Gasteiger partial charge on any atom is -0.330 e. The van der Waals surface area contributed by atoms with Crippen molar-refractivity contribution in [2.75, 3.05) is 4.90 Å². The first-order chi connectivity index (χ1) is 12.1. The van der Waals surface area contributed by atoms with Crippen LogP contribution in [0.1, 0.15) is 78.5 Å². The van der Waals surface area contributed by atoms with Gasteiger partial charge in [0.25, 0.3) is 0 Å². The molecule has 2 aliphatic rings. The molecule has 0 unspecified atom stereocenters. The van der Waals surface area contributed by atoms with Gasteiger partial charge in [-0.3, -0.25) is 14.6 Å². The van der Waals surface area contributed by atoms with Crippen molar-refractivity contribution in [3.05, 3.63) is 23.5 Å². The molecule has 5 heteroatoms. The van der Waals surface area contributed by atoms with E-state index in [0.29, 0.717) is 5.69 Å².